The predicted octanol–water partition coefficient (Wildman–Crippen LogP) is 5.51. The molecule has 0 aliphatic rings. The van der Waals surface area contributed by atoms with Crippen LogP contribution >= 0.6 is 22.9 Å². The minimum atomic E-state index is -1.65. The van der Waals surface area contributed by atoms with E-state index < -0.39 is 8.32 Å². The van der Waals surface area contributed by atoms with Crippen molar-refractivity contribution in [2.45, 2.75) is 45.3 Å². The summed E-state index contributed by atoms with van der Waals surface area (Å²) in [6.07, 6.45) is 2.69. The second-order valence-corrected chi connectivity index (χ2v) is 12.9. The summed E-state index contributed by atoms with van der Waals surface area (Å²) in [7, 11) is -1.65. The molecule has 0 atom stereocenters. The summed E-state index contributed by atoms with van der Waals surface area (Å²) in [5.41, 5.74) is 0.991. The maximum Gasteiger partial charge on any atom is 0.191 e. The van der Waals surface area contributed by atoms with Crippen molar-refractivity contribution < 1.29 is 4.43 Å². The molecule has 0 saturated heterocycles. The van der Waals surface area contributed by atoms with Crippen LogP contribution in [0.15, 0.2) is 18.3 Å². The molecule has 0 saturated carbocycles. The van der Waals surface area contributed by atoms with E-state index in [4.69, 9.17) is 16.0 Å². The molecular weight excluding hydrogens is 306 g/mol. The lowest BCUT2D eigenvalue weighted by Crippen LogP contribution is -2.41. The maximum atomic E-state index is 6.22. The van der Waals surface area contributed by atoms with Crippen molar-refractivity contribution in [3.05, 3.63) is 28.2 Å². The van der Waals surface area contributed by atoms with E-state index in [1.807, 2.05) is 6.07 Å². The molecule has 110 valence electrons. The zero-order valence-electron chi connectivity index (χ0n) is 12.8. The highest BCUT2D eigenvalue weighted by atomic mass is 35.5. The van der Waals surface area contributed by atoms with Gasteiger partial charge in [-0.2, -0.15) is 0 Å². The van der Waals surface area contributed by atoms with E-state index in [-0.39, 0.29) is 5.04 Å². The molecule has 2 nitrogen and oxygen atoms in total. The van der Waals surface area contributed by atoms with E-state index in [1.165, 1.54) is 4.88 Å². The molecule has 0 N–H and O–H groups in total. The van der Waals surface area contributed by atoms with Crippen molar-refractivity contribution in [3.63, 3.8) is 0 Å². The van der Waals surface area contributed by atoms with E-state index in [0.29, 0.717) is 0 Å². The molecule has 0 aliphatic carbocycles. The van der Waals surface area contributed by atoms with Gasteiger partial charge in [-0.15, -0.1) is 11.3 Å². The molecule has 0 aromatic carbocycles. The van der Waals surface area contributed by atoms with E-state index in [2.05, 4.69) is 44.9 Å². The largest absolute Gasteiger partial charge is 0.416 e. The van der Waals surface area contributed by atoms with Crippen molar-refractivity contribution >= 4 is 41.5 Å². The fourth-order valence-corrected chi connectivity index (χ4v) is 4.02. The average molecular weight is 328 g/mol. The third-order valence-electron chi connectivity index (χ3n) is 4.03. The van der Waals surface area contributed by atoms with Gasteiger partial charge in [0.25, 0.3) is 0 Å². The van der Waals surface area contributed by atoms with Crippen LogP contribution in [-0.2, 0) is 10.8 Å². The van der Waals surface area contributed by atoms with Gasteiger partial charge in [0.1, 0.15) is 0 Å². The Balaban J connectivity index is 2.02. The van der Waals surface area contributed by atoms with Crippen molar-refractivity contribution in [2.24, 2.45) is 0 Å². The van der Waals surface area contributed by atoms with E-state index in [1.54, 1.807) is 17.5 Å². The van der Waals surface area contributed by atoms with Gasteiger partial charge in [-0.1, -0.05) is 32.4 Å². The van der Waals surface area contributed by atoms with Gasteiger partial charge in [0.2, 0.25) is 0 Å². The predicted molar refractivity (Wildman–Crippen MR) is 91.5 cm³/mol. The molecule has 0 unspecified atom stereocenters. The Labute approximate surface area is 131 Å². The Bertz CT molecular complexity index is 603. The third kappa shape index (κ3) is 3.42. The van der Waals surface area contributed by atoms with Crippen LogP contribution in [0.4, 0.5) is 0 Å². The first-order valence-electron chi connectivity index (χ1n) is 6.87. The summed E-state index contributed by atoms with van der Waals surface area (Å²) < 4.78 is 7.30. The van der Waals surface area contributed by atoms with Crippen LogP contribution < -0.4 is 0 Å². The normalized spacial score (nSPS) is 13.1. The quantitative estimate of drug-likeness (QED) is 0.690. The Morgan fingerprint density at radius 3 is 2.65 bits per heavy atom. The zero-order valence-corrected chi connectivity index (χ0v) is 15.4. The van der Waals surface area contributed by atoms with Gasteiger partial charge in [-0.25, -0.2) is 0 Å². The van der Waals surface area contributed by atoms with Crippen LogP contribution in [0, 0.1) is 0 Å². The minimum Gasteiger partial charge on any atom is -0.416 e. The Hall–Kier alpha value is -0.423. The summed E-state index contributed by atoms with van der Waals surface area (Å²) in [5.74, 6) is 0. The smallest absolute Gasteiger partial charge is 0.191 e. The number of hydrogen-bond donors (Lipinski definition) is 0. The summed E-state index contributed by atoms with van der Waals surface area (Å²) in [4.78, 5) is 5.64. The second-order valence-electron chi connectivity index (χ2n) is 6.58. The van der Waals surface area contributed by atoms with Crippen LogP contribution in [0.5, 0.6) is 0 Å². The van der Waals surface area contributed by atoms with Gasteiger partial charge < -0.3 is 4.43 Å². The number of thiophene rings is 1. The van der Waals surface area contributed by atoms with Gasteiger partial charge in [0, 0.05) is 24.1 Å². The highest BCUT2D eigenvalue weighted by Gasteiger charge is 2.36. The van der Waals surface area contributed by atoms with E-state index >= 15 is 0 Å². The van der Waals surface area contributed by atoms with Gasteiger partial charge in [0.05, 0.1) is 15.2 Å². The number of rotatable bonds is 4. The molecule has 2 aromatic rings. The number of hydrogen-bond acceptors (Lipinski definition) is 3. The SMILES string of the molecule is CC(C)(C)[Si](C)(C)OCCc1cc2nccc(Cl)c2s1. The molecule has 2 aromatic heterocycles. The number of nitrogens with zero attached hydrogens (tertiary/aromatic N) is 1. The number of halogens is 1. The summed E-state index contributed by atoms with van der Waals surface area (Å²) in [6, 6.07) is 3.97. The molecule has 0 amide bonds. The molecule has 2 rings (SSSR count). The van der Waals surface area contributed by atoms with Crippen LogP contribution in [0.25, 0.3) is 10.2 Å². The van der Waals surface area contributed by atoms with Crippen LogP contribution in [0.2, 0.25) is 23.2 Å². The molecule has 0 radical (unpaired) electrons. The monoisotopic (exact) mass is 327 g/mol. The van der Waals surface area contributed by atoms with Gasteiger partial charge >= 0.3 is 0 Å². The maximum absolute atomic E-state index is 6.22. The van der Waals surface area contributed by atoms with Gasteiger partial charge in [0.15, 0.2) is 8.32 Å². The first kappa shape index (κ1) is 16.0. The molecule has 0 aliphatic heterocycles. The van der Waals surface area contributed by atoms with E-state index in [0.717, 1.165) is 28.3 Å². The first-order chi connectivity index (χ1) is 9.21. The lowest BCUT2D eigenvalue weighted by atomic mass is 10.2. The molecule has 0 spiro atoms. The lowest BCUT2D eigenvalue weighted by molar-refractivity contribution is 0.293. The van der Waals surface area contributed by atoms with Crippen molar-refractivity contribution in [2.75, 3.05) is 6.61 Å². The van der Waals surface area contributed by atoms with Gasteiger partial charge in [-0.05, 0) is 30.3 Å². The molecule has 2 heterocycles. The highest BCUT2D eigenvalue weighted by molar-refractivity contribution is 7.19. The molecular formula is C15H22ClNOSSi. The third-order valence-corrected chi connectivity index (χ3v) is 10.2. The van der Waals surface area contributed by atoms with Crippen LogP contribution in [0.1, 0.15) is 25.6 Å². The van der Waals surface area contributed by atoms with Crippen molar-refractivity contribution in [1.82, 2.24) is 4.98 Å². The zero-order chi connectivity index (χ0) is 15.0. The van der Waals surface area contributed by atoms with Crippen LogP contribution in [-0.4, -0.2) is 19.9 Å². The molecule has 20 heavy (non-hydrogen) atoms. The lowest BCUT2D eigenvalue weighted by Gasteiger charge is -2.36. The highest BCUT2D eigenvalue weighted by Crippen LogP contribution is 2.37. The molecule has 0 bridgehead atoms. The van der Waals surface area contributed by atoms with Crippen molar-refractivity contribution in [1.29, 1.82) is 0 Å². The average Bonchev–Trinajstić information content (AvgIpc) is 2.71. The fourth-order valence-electron chi connectivity index (χ4n) is 1.70. The number of aromatic nitrogens is 1. The topological polar surface area (TPSA) is 22.1 Å². The van der Waals surface area contributed by atoms with Gasteiger partial charge in [-0.3, -0.25) is 4.98 Å². The second kappa shape index (κ2) is 5.76. The Morgan fingerprint density at radius 2 is 2.05 bits per heavy atom. The van der Waals surface area contributed by atoms with Crippen molar-refractivity contribution in [3.8, 4) is 0 Å². The minimum absolute atomic E-state index is 0.262. The standard InChI is InChI=1S/C15H22ClNOSSi/c1-15(2,3)20(4,5)18-9-7-11-10-13-14(19-11)12(16)6-8-17-13/h6,8,10H,7,9H2,1-5H3. The first-order valence-corrected chi connectivity index (χ1v) is 11.0. The Morgan fingerprint density at radius 1 is 1.35 bits per heavy atom. The van der Waals surface area contributed by atoms with Crippen LogP contribution in [0.3, 0.4) is 0 Å². The summed E-state index contributed by atoms with van der Waals surface area (Å²) in [6.45, 7) is 12.2. The fraction of sp³-hybridized carbons (Fsp3) is 0.533. The summed E-state index contributed by atoms with van der Waals surface area (Å²) in [5, 5.41) is 1.05. The Kier molecular flexibility index (Phi) is 4.59. The molecule has 0 fully saturated rings. The summed E-state index contributed by atoms with van der Waals surface area (Å²) >= 11 is 7.91. The molecule has 5 heteroatoms. The number of fused-ring (bicyclic) bond motifs is 1. The van der Waals surface area contributed by atoms with E-state index in [9.17, 15) is 0 Å². The number of pyridine rings is 1.